The fourth-order valence-corrected chi connectivity index (χ4v) is 4.22. The van der Waals surface area contributed by atoms with Crippen molar-refractivity contribution in [2.24, 2.45) is 0 Å². The first-order valence-electron chi connectivity index (χ1n) is 10.4. The topological polar surface area (TPSA) is 40.5 Å². The number of esters is 1. The molecule has 4 nitrogen and oxygen atoms in total. The number of benzene rings is 2. The number of ether oxygens (including phenoxy) is 2. The van der Waals surface area contributed by atoms with Crippen LogP contribution in [0.2, 0.25) is 0 Å². The molecule has 0 N–H and O–H groups in total. The first-order chi connectivity index (χ1) is 14.1. The van der Waals surface area contributed by atoms with E-state index >= 15 is 0 Å². The summed E-state index contributed by atoms with van der Waals surface area (Å²) in [7, 11) is 0. The molecule has 1 heterocycles. The van der Waals surface area contributed by atoms with Gasteiger partial charge in [-0.15, -0.1) is 0 Å². The van der Waals surface area contributed by atoms with Gasteiger partial charge in [0.15, 0.2) is 0 Å². The van der Waals surface area contributed by atoms with Gasteiger partial charge in [-0.2, -0.15) is 0 Å². The molecular formula is C26H31NO3. The Bertz CT molecular complexity index is 1040. The minimum Gasteiger partial charge on any atom is -0.488 e. The number of carbonyl (C=O) groups is 1. The zero-order chi connectivity index (χ0) is 21.9. The summed E-state index contributed by atoms with van der Waals surface area (Å²) < 4.78 is 14.1. The summed E-state index contributed by atoms with van der Waals surface area (Å²) in [6.45, 7) is 14.3. The molecule has 2 aromatic carbocycles. The van der Waals surface area contributed by atoms with Crippen molar-refractivity contribution >= 4 is 16.9 Å². The SMILES string of the molecule is C=CC(=O)OC(C)(C)CC(C)(C)Oc1ccc2cc(-c3ccccc3)n(CC)c2c1. The largest absolute Gasteiger partial charge is 0.488 e. The van der Waals surface area contributed by atoms with Crippen LogP contribution < -0.4 is 4.74 Å². The van der Waals surface area contributed by atoms with Crippen LogP contribution in [0.5, 0.6) is 5.75 Å². The van der Waals surface area contributed by atoms with E-state index in [1.54, 1.807) is 0 Å². The summed E-state index contributed by atoms with van der Waals surface area (Å²) in [5, 5.41) is 1.18. The van der Waals surface area contributed by atoms with Crippen molar-refractivity contribution in [2.45, 2.75) is 58.8 Å². The van der Waals surface area contributed by atoms with E-state index in [-0.39, 0.29) is 0 Å². The Kier molecular flexibility index (Phi) is 6.06. The van der Waals surface area contributed by atoms with Crippen molar-refractivity contribution in [1.29, 1.82) is 0 Å². The highest BCUT2D eigenvalue weighted by molar-refractivity contribution is 5.88. The highest BCUT2D eigenvalue weighted by Gasteiger charge is 2.33. The second kappa shape index (κ2) is 8.39. The van der Waals surface area contributed by atoms with E-state index in [2.05, 4.69) is 60.5 Å². The predicted molar refractivity (Wildman–Crippen MR) is 123 cm³/mol. The quantitative estimate of drug-likeness (QED) is 0.322. The second-order valence-corrected chi connectivity index (χ2v) is 8.78. The molecule has 0 saturated carbocycles. The lowest BCUT2D eigenvalue weighted by atomic mass is 9.92. The second-order valence-electron chi connectivity index (χ2n) is 8.78. The number of carbonyl (C=O) groups excluding carboxylic acids is 1. The van der Waals surface area contributed by atoms with Gasteiger partial charge in [0.1, 0.15) is 17.0 Å². The lowest BCUT2D eigenvalue weighted by Crippen LogP contribution is -2.40. The Morgan fingerprint density at radius 3 is 2.37 bits per heavy atom. The normalized spacial score (nSPS) is 12.0. The minimum atomic E-state index is -0.664. The molecule has 0 aliphatic heterocycles. The van der Waals surface area contributed by atoms with Gasteiger partial charge < -0.3 is 14.0 Å². The number of aryl methyl sites for hydroxylation is 1. The van der Waals surface area contributed by atoms with E-state index in [1.807, 2.05) is 39.8 Å². The van der Waals surface area contributed by atoms with Crippen molar-refractivity contribution in [3.05, 3.63) is 67.3 Å². The van der Waals surface area contributed by atoms with Crippen molar-refractivity contribution in [3.63, 3.8) is 0 Å². The monoisotopic (exact) mass is 405 g/mol. The van der Waals surface area contributed by atoms with E-state index in [1.165, 1.54) is 22.7 Å². The van der Waals surface area contributed by atoms with E-state index in [0.29, 0.717) is 6.42 Å². The molecule has 4 heteroatoms. The van der Waals surface area contributed by atoms with E-state index < -0.39 is 17.2 Å². The van der Waals surface area contributed by atoms with Gasteiger partial charge >= 0.3 is 5.97 Å². The average Bonchev–Trinajstić information content (AvgIpc) is 3.04. The molecule has 0 spiro atoms. The van der Waals surface area contributed by atoms with Crippen LogP contribution >= 0.6 is 0 Å². The maximum absolute atomic E-state index is 11.6. The van der Waals surface area contributed by atoms with Crippen molar-refractivity contribution in [3.8, 4) is 17.0 Å². The van der Waals surface area contributed by atoms with Gasteiger partial charge in [-0.25, -0.2) is 4.79 Å². The lowest BCUT2D eigenvalue weighted by molar-refractivity contribution is -0.154. The van der Waals surface area contributed by atoms with Gasteiger partial charge in [-0.05, 0) is 58.4 Å². The zero-order valence-corrected chi connectivity index (χ0v) is 18.6. The Morgan fingerprint density at radius 1 is 1.03 bits per heavy atom. The van der Waals surface area contributed by atoms with E-state index in [9.17, 15) is 4.79 Å². The lowest BCUT2D eigenvalue weighted by Gasteiger charge is -2.34. The number of hydrogen-bond donors (Lipinski definition) is 0. The van der Waals surface area contributed by atoms with Crippen LogP contribution in [0.15, 0.2) is 67.3 Å². The molecule has 30 heavy (non-hydrogen) atoms. The maximum Gasteiger partial charge on any atom is 0.330 e. The van der Waals surface area contributed by atoms with Crippen molar-refractivity contribution < 1.29 is 14.3 Å². The highest BCUT2D eigenvalue weighted by Crippen LogP contribution is 2.33. The molecule has 0 radical (unpaired) electrons. The Balaban J connectivity index is 1.88. The summed E-state index contributed by atoms with van der Waals surface area (Å²) in [6, 6.07) is 18.8. The van der Waals surface area contributed by atoms with Gasteiger partial charge in [0, 0.05) is 36.2 Å². The molecule has 0 saturated heterocycles. The van der Waals surface area contributed by atoms with Crippen LogP contribution in [0, 0.1) is 0 Å². The molecule has 0 fully saturated rings. The standard InChI is InChI=1S/C26H31NO3/c1-7-24(28)30-26(5,6)18-25(3,4)29-21-15-14-20-16-22(19-12-10-9-11-13-19)27(8-2)23(20)17-21/h7,9-17H,1,8,18H2,2-6H3. The predicted octanol–water partition coefficient (Wildman–Crippen LogP) is 6.38. The summed E-state index contributed by atoms with van der Waals surface area (Å²) in [5.74, 6) is 0.372. The first kappa shape index (κ1) is 21.7. The number of fused-ring (bicyclic) bond motifs is 1. The molecule has 0 aliphatic carbocycles. The molecule has 0 amide bonds. The zero-order valence-electron chi connectivity index (χ0n) is 18.6. The molecule has 0 aliphatic rings. The van der Waals surface area contributed by atoms with E-state index in [4.69, 9.17) is 9.47 Å². The number of hydrogen-bond acceptors (Lipinski definition) is 3. The van der Waals surface area contributed by atoms with Crippen LogP contribution in [0.1, 0.15) is 41.0 Å². The molecule has 1 aromatic heterocycles. The van der Waals surface area contributed by atoms with Crippen molar-refractivity contribution in [1.82, 2.24) is 4.57 Å². The Labute approximate surface area is 179 Å². The maximum atomic E-state index is 11.6. The van der Waals surface area contributed by atoms with Crippen LogP contribution in [0.25, 0.3) is 22.2 Å². The third kappa shape index (κ3) is 4.93. The molecule has 0 atom stereocenters. The van der Waals surface area contributed by atoms with Gasteiger partial charge in [-0.3, -0.25) is 0 Å². The van der Waals surface area contributed by atoms with Gasteiger partial charge in [0.25, 0.3) is 0 Å². The minimum absolute atomic E-state index is 0.425. The van der Waals surface area contributed by atoms with Crippen LogP contribution in [-0.4, -0.2) is 21.7 Å². The fraction of sp³-hybridized carbons (Fsp3) is 0.346. The summed E-state index contributed by atoms with van der Waals surface area (Å²) in [6.07, 6.45) is 1.73. The van der Waals surface area contributed by atoms with Gasteiger partial charge in [-0.1, -0.05) is 36.9 Å². The van der Waals surface area contributed by atoms with Gasteiger partial charge in [0.05, 0.1) is 5.52 Å². The number of nitrogens with zero attached hydrogens (tertiary/aromatic N) is 1. The van der Waals surface area contributed by atoms with Crippen LogP contribution in [0.3, 0.4) is 0 Å². The van der Waals surface area contributed by atoms with Crippen LogP contribution in [-0.2, 0) is 16.1 Å². The summed E-state index contributed by atoms with van der Waals surface area (Å²) >= 11 is 0. The third-order valence-corrected chi connectivity index (χ3v) is 5.05. The summed E-state index contributed by atoms with van der Waals surface area (Å²) in [5.41, 5.74) is 2.35. The molecule has 0 unspecified atom stereocenters. The molecule has 3 rings (SSSR count). The molecule has 158 valence electrons. The average molecular weight is 406 g/mol. The number of rotatable bonds is 8. The Morgan fingerprint density at radius 2 is 1.73 bits per heavy atom. The molecule has 0 bridgehead atoms. The van der Waals surface area contributed by atoms with E-state index in [0.717, 1.165) is 17.8 Å². The summed E-state index contributed by atoms with van der Waals surface area (Å²) in [4.78, 5) is 11.6. The fourth-order valence-electron chi connectivity index (χ4n) is 4.22. The molecule has 3 aromatic rings. The molecular weight excluding hydrogens is 374 g/mol. The van der Waals surface area contributed by atoms with Crippen molar-refractivity contribution in [2.75, 3.05) is 0 Å². The highest BCUT2D eigenvalue weighted by atomic mass is 16.6. The number of aromatic nitrogens is 1. The third-order valence-electron chi connectivity index (χ3n) is 5.05. The first-order valence-corrected chi connectivity index (χ1v) is 10.4. The smallest absolute Gasteiger partial charge is 0.330 e. The Hall–Kier alpha value is -3.01. The van der Waals surface area contributed by atoms with Crippen LogP contribution in [0.4, 0.5) is 0 Å². The van der Waals surface area contributed by atoms with Gasteiger partial charge in [0.2, 0.25) is 0 Å².